The van der Waals surface area contributed by atoms with Gasteiger partial charge in [-0.25, -0.2) is 14.0 Å². The maximum atomic E-state index is 13.5. The van der Waals surface area contributed by atoms with Gasteiger partial charge in [-0.2, -0.15) is 0 Å². The summed E-state index contributed by atoms with van der Waals surface area (Å²) in [5, 5.41) is 11.1. The van der Waals surface area contributed by atoms with Crippen molar-refractivity contribution in [3.05, 3.63) is 29.6 Å². The highest BCUT2D eigenvalue weighted by Crippen LogP contribution is 2.15. The Bertz CT molecular complexity index is 561. The summed E-state index contributed by atoms with van der Waals surface area (Å²) in [6, 6.07) is 2.58. The van der Waals surface area contributed by atoms with Crippen molar-refractivity contribution in [2.45, 2.75) is 6.92 Å². The van der Waals surface area contributed by atoms with Crippen LogP contribution in [0.25, 0.3) is 0 Å². The van der Waals surface area contributed by atoms with Crippen molar-refractivity contribution in [3.8, 4) is 0 Å². The highest BCUT2D eigenvalue weighted by atomic mass is 19.1. The van der Waals surface area contributed by atoms with Crippen LogP contribution < -0.4 is 5.32 Å². The fourth-order valence-corrected chi connectivity index (χ4v) is 1.52. The smallest absolute Gasteiger partial charge is 0.338 e. The molecule has 0 saturated carbocycles. The number of anilines is 1. The second-order valence-corrected chi connectivity index (χ2v) is 4.02. The van der Waals surface area contributed by atoms with Gasteiger partial charge in [0.25, 0.3) is 0 Å². The number of carbonyl (C=O) groups excluding carboxylic acids is 2. The van der Waals surface area contributed by atoms with Gasteiger partial charge in [-0.05, 0) is 25.1 Å². The predicted molar refractivity (Wildman–Crippen MR) is 71.6 cm³/mol. The van der Waals surface area contributed by atoms with E-state index in [9.17, 15) is 18.8 Å². The number of likely N-dealkylation sites (N-methyl/N-ethyl adjacent to an activating group) is 1. The Morgan fingerprint density at radius 1 is 1.38 bits per heavy atom. The molecule has 0 saturated heterocycles. The molecule has 7 nitrogen and oxygen atoms in total. The maximum Gasteiger partial charge on any atom is 0.338 e. The summed E-state index contributed by atoms with van der Waals surface area (Å²) in [7, 11) is 1.20. The molecule has 0 aliphatic carbocycles. The minimum Gasteiger partial charge on any atom is -0.478 e. The second-order valence-electron chi connectivity index (χ2n) is 4.02. The molecule has 0 fully saturated rings. The number of hydrogen-bond donors (Lipinski definition) is 2. The van der Waals surface area contributed by atoms with Crippen LogP contribution in [0, 0.1) is 5.82 Å². The van der Waals surface area contributed by atoms with Gasteiger partial charge in [0.15, 0.2) is 0 Å². The van der Waals surface area contributed by atoms with Crippen molar-refractivity contribution in [2.75, 3.05) is 25.5 Å². The molecule has 0 heterocycles. The number of carboxylic acids is 1. The van der Waals surface area contributed by atoms with Crippen molar-refractivity contribution in [2.24, 2.45) is 0 Å². The molecule has 0 aliphatic rings. The van der Waals surface area contributed by atoms with Gasteiger partial charge in [0.1, 0.15) is 12.4 Å². The van der Waals surface area contributed by atoms with Gasteiger partial charge < -0.3 is 20.1 Å². The lowest BCUT2D eigenvalue weighted by atomic mass is 10.2. The number of methoxy groups -OCH3 is 1. The van der Waals surface area contributed by atoms with Gasteiger partial charge in [-0.3, -0.25) is 4.79 Å². The molecule has 1 rings (SSSR count). The van der Waals surface area contributed by atoms with Crippen molar-refractivity contribution in [1.29, 1.82) is 0 Å². The number of aromatic carboxylic acids is 1. The van der Waals surface area contributed by atoms with E-state index in [1.165, 1.54) is 13.2 Å². The molecule has 2 amide bonds. The van der Waals surface area contributed by atoms with Crippen LogP contribution >= 0.6 is 0 Å². The maximum absolute atomic E-state index is 13.5. The Morgan fingerprint density at radius 3 is 2.52 bits per heavy atom. The standard InChI is InChI=1S/C13H15FN2O5/c1-3-16(7-11(17)21-2)13(20)15-8-4-5-9(12(18)19)10(14)6-8/h4-6H,3,7H2,1-2H3,(H,15,20)(H,18,19). The van der Waals surface area contributed by atoms with Crippen LogP contribution in [0.5, 0.6) is 0 Å². The third kappa shape index (κ3) is 4.44. The average Bonchev–Trinajstić information content (AvgIpc) is 2.43. The molecule has 8 heteroatoms. The van der Waals surface area contributed by atoms with Crippen molar-refractivity contribution >= 4 is 23.7 Å². The topological polar surface area (TPSA) is 95.9 Å². The number of ether oxygens (including phenoxy) is 1. The van der Waals surface area contributed by atoms with E-state index in [0.717, 1.165) is 17.0 Å². The Hall–Kier alpha value is -2.64. The quantitative estimate of drug-likeness (QED) is 0.804. The van der Waals surface area contributed by atoms with E-state index in [-0.39, 0.29) is 18.8 Å². The Kier molecular flexibility index (Phi) is 5.65. The molecule has 114 valence electrons. The molecule has 1 aromatic rings. The zero-order valence-corrected chi connectivity index (χ0v) is 11.6. The summed E-state index contributed by atoms with van der Waals surface area (Å²) in [6.07, 6.45) is 0. The van der Waals surface area contributed by atoms with Crippen molar-refractivity contribution in [1.82, 2.24) is 4.90 Å². The van der Waals surface area contributed by atoms with Crippen LogP contribution in [0.2, 0.25) is 0 Å². The van der Waals surface area contributed by atoms with Gasteiger partial charge in [-0.15, -0.1) is 0 Å². The first-order valence-corrected chi connectivity index (χ1v) is 6.04. The van der Waals surface area contributed by atoms with Crippen LogP contribution in [0.4, 0.5) is 14.9 Å². The zero-order chi connectivity index (χ0) is 16.0. The molecule has 0 unspecified atom stereocenters. The highest BCUT2D eigenvalue weighted by molar-refractivity contribution is 5.93. The van der Waals surface area contributed by atoms with E-state index in [1.807, 2.05) is 0 Å². The summed E-state index contributed by atoms with van der Waals surface area (Å²) < 4.78 is 17.9. The number of halogens is 1. The van der Waals surface area contributed by atoms with E-state index >= 15 is 0 Å². The predicted octanol–water partition coefficient (Wildman–Crippen LogP) is 1.55. The number of urea groups is 1. The summed E-state index contributed by atoms with van der Waals surface area (Å²) in [5.74, 6) is -2.94. The van der Waals surface area contributed by atoms with Crippen LogP contribution in [0.15, 0.2) is 18.2 Å². The molecule has 0 radical (unpaired) electrons. The number of carbonyl (C=O) groups is 3. The summed E-state index contributed by atoms with van der Waals surface area (Å²) in [4.78, 5) is 34.9. The third-order valence-electron chi connectivity index (χ3n) is 2.67. The average molecular weight is 298 g/mol. The van der Waals surface area contributed by atoms with Crippen LogP contribution in [-0.2, 0) is 9.53 Å². The first kappa shape index (κ1) is 16.4. The molecule has 0 aliphatic heterocycles. The number of benzene rings is 1. The lowest BCUT2D eigenvalue weighted by Crippen LogP contribution is -2.39. The normalized spacial score (nSPS) is 9.86. The van der Waals surface area contributed by atoms with Crippen molar-refractivity contribution < 1.29 is 28.6 Å². The first-order chi connectivity index (χ1) is 9.88. The number of carboxylic acid groups (broad SMARTS) is 1. The third-order valence-corrected chi connectivity index (χ3v) is 2.67. The number of nitrogens with zero attached hydrogens (tertiary/aromatic N) is 1. The van der Waals surface area contributed by atoms with Gasteiger partial charge in [0.05, 0.1) is 12.7 Å². The van der Waals surface area contributed by atoms with Crippen LogP contribution in [0.1, 0.15) is 17.3 Å². The second kappa shape index (κ2) is 7.22. The van der Waals surface area contributed by atoms with Gasteiger partial charge in [0, 0.05) is 12.2 Å². The summed E-state index contributed by atoms with van der Waals surface area (Å²) in [5.41, 5.74) is -0.402. The zero-order valence-electron chi connectivity index (χ0n) is 11.6. The van der Waals surface area contributed by atoms with Crippen LogP contribution in [0.3, 0.4) is 0 Å². The minimum atomic E-state index is -1.40. The molecule has 21 heavy (non-hydrogen) atoms. The molecular formula is C13H15FN2O5. The number of hydrogen-bond acceptors (Lipinski definition) is 4. The highest BCUT2D eigenvalue weighted by Gasteiger charge is 2.17. The number of rotatable bonds is 5. The Morgan fingerprint density at radius 2 is 2.05 bits per heavy atom. The summed E-state index contributed by atoms with van der Waals surface area (Å²) >= 11 is 0. The Balaban J connectivity index is 2.80. The minimum absolute atomic E-state index is 0.0887. The number of nitrogens with one attached hydrogen (secondary N) is 1. The molecule has 0 aromatic heterocycles. The van der Waals surface area contributed by atoms with E-state index in [0.29, 0.717) is 0 Å². The van der Waals surface area contributed by atoms with E-state index in [2.05, 4.69) is 10.1 Å². The van der Waals surface area contributed by atoms with E-state index in [4.69, 9.17) is 5.11 Å². The lowest BCUT2D eigenvalue weighted by Gasteiger charge is -2.20. The van der Waals surface area contributed by atoms with Gasteiger partial charge >= 0.3 is 18.0 Å². The van der Waals surface area contributed by atoms with Gasteiger partial charge in [0.2, 0.25) is 0 Å². The molecule has 0 atom stereocenters. The molecular weight excluding hydrogens is 283 g/mol. The Labute approximate surface area is 120 Å². The first-order valence-electron chi connectivity index (χ1n) is 6.04. The molecule has 1 aromatic carbocycles. The fraction of sp³-hybridized carbons (Fsp3) is 0.308. The monoisotopic (exact) mass is 298 g/mol. The van der Waals surface area contributed by atoms with E-state index < -0.39 is 29.4 Å². The van der Waals surface area contributed by atoms with Crippen LogP contribution in [-0.4, -0.2) is 48.2 Å². The lowest BCUT2D eigenvalue weighted by molar-refractivity contribution is -0.141. The number of amides is 2. The largest absolute Gasteiger partial charge is 0.478 e. The number of esters is 1. The van der Waals surface area contributed by atoms with E-state index in [1.54, 1.807) is 6.92 Å². The molecule has 0 bridgehead atoms. The van der Waals surface area contributed by atoms with Crippen molar-refractivity contribution in [3.63, 3.8) is 0 Å². The SMILES string of the molecule is CCN(CC(=O)OC)C(=O)Nc1ccc(C(=O)O)c(F)c1. The summed E-state index contributed by atoms with van der Waals surface area (Å²) in [6.45, 7) is 1.67. The molecule has 2 N–H and O–H groups in total. The van der Waals surface area contributed by atoms with Gasteiger partial charge in [-0.1, -0.05) is 0 Å². The fourth-order valence-electron chi connectivity index (χ4n) is 1.52. The molecule has 0 spiro atoms.